The van der Waals surface area contributed by atoms with Crippen molar-refractivity contribution in [3.8, 4) is 0 Å². The first-order chi connectivity index (χ1) is 14.6. The fourth-order valence-electron chi connectivity index (χ4n) is 3.20. The fourth-order valence-corrected chi connectivity index (χ4v) is 3.20. The Morgan fingerprint density at radius 1 is 0.471 bits per heavy atom. The summed E-state index contributed by atoms with van der Waals surface area (Å²) in [7, 11) is 0. The average molecular weight is 522 g/mol. The summed E-state index contributed by atoms with van der Waals surface area (Å²) in [6.45, 7) is 4.84. The summed E-state index contributed by atoms with van der Waals surface area (Å²) < 4.78 is 176. The highest BCUT2D eigenvalue weighted by Gasteiger charge is 2.77. The fraction of sp³-hybridized carbons (Fsp3) is 0.700. The van der Waals surface area contributed by atoms with Crippen LogP contribution in [0.2, 0.25) is 0 Å². The summed E-state index contributed by atoms with van der Waals surface area (Å²) >= 11 is 0. The van der Waals surface area contributed by atoms with Gasteiger partial charge in [-0.2, -0.15) is 52.7 Å². The van der Waals surface area contributed by atoms with Crippen LogP contribution in [0.1, 0.15) is 52.7 Å². The van der Waals surface area contributed by atoms with Crippen molar-refractivity contribution in [2.75, 3.05) is 0 Å². The van der Waals surface area contributed by atoms with Gasteiger partial charge < -0.3 is 9.47 Å². The molecule has 0 saturated heterocycles. The van der Waals surface area contributed by atoms with Crippen LogP contribution in [0.4, 0.5) is 52.7 Å². The van der Waals surface area contributed by atoms with E-state index >= 15 is 0 Å². The molecule has 0 aliphatic heterocycles. The second-order valence-corrected chi connectivity index (χ2v) is 9.36. The predicted octanol–water partition coefficient (Wildman–Crippen LogP) is 7.96. The lowest BCUT2D eigenvalue weighted by Crippen LogP contribution is -2.60. The number of ether oxygens (including phenoxy) is 2. The average Bonchev–Trinajstić information content (AvgIpc) is 2.51. The van der Waals surface area contributed by atoms with Crippen LogP contribution in [0.3, 0.4) is 0 Å². The number of rotatable bonds is 4. The molecule has 1 rings (SSSR count). The van der Waals surface area contributed by atoms with Crippen molar-refractivity contribution in [3.05, 3.63) is 35.4 Å². The maximum atomic E-state index is 13.9. The van der Waals surface area contributed by atoms with Gasteiger partial charge in [0.2, 0.25) is 0 Å². The van der Waals surface area contributed by atoms with E-state index in [9.17, 15) is 52.7 Å². The number of alkyl halides is 12. The highest BCUT2D eigenvalue weighted by Crippen LogP contribution is 2.58. The van der Waals surface area contributed by atoms with Crippen molar-refractivity contribution in [1.82, 2.24) is 0 Å². The van der Waals surface area contributed by atoms with Crippen LogP contribution in [-0.4, -0.2) is 35.9 Å². The van der Waals surface area contributed by atoms with Gasteiger partial charge in [0, 0.05) is 11.1 Å². The van der Waals surface area contributed by atoms with Crippen LogP contribution < -0.4 is 0 Å². The van der Waals surface area contributed by atoms with Gasteiger partial charge in [-0.15, -0.1) is 0 Å². The molecule has 1 aromatic carbocycles. The lowest BCUT2D eigenvalue weighted by atomic mass is 9.84. The molecule has 0 N–H and O–H groups in total. The van der Waals surface area contributed by atoms with E-state index in [2.05, 4.69) is 9.47 Å². The highest BCUT2D eigenvalue weighted by molar-refractivity contribution is 5.37. The van der Waals surface area contributed by atoms with Gasteiger partial charge in [-0.25, -0.2) is 0 Å². The van der Waals surface area contributed by atoms with Crippen molar-refractivity contribution in [1.29, 1.82) is 0 Å². The Bertz CT molecular complexity index is 754. The third-order valence-electron chi connectivity index (χ3n) is 4.19. The highest BCUT2D eigenvalue weighted by atomic mass is 19.4. The molecule has 0 aliphatic carbocycles. The van der Waals surface area contributed by atoms with Crippen LogP contribution in [-0.2, 0) is 20.7 Å². The first-order valence-electron chi connectivity index (χ1n) is 9.41. The Hall–Kier alpha value is -1.70. The van der Waals surface area contributed by atoms with E-state index in [0.717, 1.165) is 41.5 Å². The zero-order valence-corrected chi connectivity index (χ0v) is 18.7. The molecule has 0 spiro atoms. The molecular formula is C20H22F12O2. The monoisotopic (exact) mass is 522 g/mol. The number of hydrogen-bond donors (Lipinski definition) is 0. The molecule has 14 heteroatoms. The Morgan fingerprint density at radius 2 is 0.706 bits per heavy atom. The predicted molar refractivity (Wildman–Crippen MR) is 95.7 cm³/mol. The lowest BCUT2D eigenvalue weighted by molar-refractivity contribution is -0.409. The van der Waals surface area contributed by atoms with Gasteiger partial charge in [-0.05, 0) is 47.6 Å². The molecule has 0 radical (unpaired) electrons. The molecule has 2 nitrogen and oxygen atoms in total. The maximum Gasteiger partial charge on any atom is 0.430 e. The van der Waals surface area contributed by atoms with E-state index in [-0.39, 0.29) is 18.2 Å². The normalized spacial score (nSPS) is 15.6. The SMILES string of the molecule is CC(C)(C)OC(c1cccc(C(OC(C)(C)C)(C(F)(F)F)C(F)(F)F)c1)(C(F)(F)F)C(F)(F)F. The first-order valence-corrected chi connectivity index (χ1v) is 9.41. The molecule has 0 heterocycles. The minimum absolute atomic E-state index is 0.0881. The number of halogens is 12. The van der Waals surface area contributed by atoms with Gasteiger partial charge in [-0.1, -0.05) is 18.2 Å². The van der Waals surface area contributed by atoms with Gasteiger partial charge in [0.25, 0.3) is 11.2 Å². The van der Waals surface area contributed by atoms with Crippen molar-refractivity contribution >= 4 is 0 Å². The molecule has 0 fully saturated rings. The van der Waals surface area contributed by atoms with Gasteiger partial charge in [0.15, 0.2) is 0 Å². The molecule has 0 atom stereocenters. The zero-order valence-electron chi connectivity index (χ0n) is 18.7. The minimum atomic E-state index is -6.33. The van der Waals surface area contributed by atoms with Crippen molar-refractivity contribution < 1.29 is 62.2 Å². The Morgan fingerprint density at radius 3 is 0.882 bits per heavy atom. The Kier molecular flexibility index (Phi) is 7.54. The van der Waals surface area contributed by atoms with Crippen molar-refractivity contribution in [2.24, 2.45) is 0 Å². The molecule has 0 amide bonds. The first kappa shape index (κ1) is 30.3. The van der Waals surface area contributed by atoms with Crippen LogP contribution >= 0.6 is 0 Å². The van der Waals surface area contributed by atoms with Gasteiger partial charge >= 0.3 is 24.7 Å². The second kappa shape index (κ2) is 8.45. The largest absolute Gasteiger partial charge is 0.430 e. The van der Waals surface area contributed by atoms with Crippen LogP contribution in [0, 0.1) is 0 Å². The Labute approximate surface area is 187 Å². The van der Waals surface area contributed by atoms with Crippen LogP contribution in [0.15, 0.2) is 24.3 Å². The van der Waals surface area contributed by atoms with Gasteiger partial charge in [-0.3, -0.25) is 0 Å². The molecular weight excluding hydrogens is 500 g/mol. The van der Waals surface area contributed by atoms with E-state index in [4.69, 9.17) is 0 Å². The molecule has 1 aromatic rings. The zero-order chi connectivity index (χ0) is 27.4. The van der Waals surface area contributed by atoms with Crippen molar-refractivity contribution in [2.45, 2.75) is 88.7 Å². The topological polar surface area (TPSA) is 18.5 Å². The van der Waals surface area contributed by atoms with E-state index in [0.29, 0.717) is 0 Å². The molecule has 0 aliphatic rings. The van der Waals surface area contributed by atoms with E-state index in [1.165, 1.54) is 0 Å². The molecule has 0 aromatic heterocycles. The smallest absolute Gasteiger partial charge is 0.348 e. The van der Waals surface area contributed by atoms with Crippen molar-refractivity contribution in [3.63, 3.8) is 0 Å². The molecule has 0 bridgehead atoms. The van der Waals surface area contributed by atoms with Crippen LogP contribution in [0.25, 0.3) is 0 Å². The summed E-state index contributed by atoms with van der Waals surface area (Å²) in [5, 5.41) is 0. The summed E-state index contributed by atoms with van der Waals surface area (Å²) in [6.07, 6.45) is -25.3. The molecule has 198 valence electrons. The summed E-state index contributed by atoms with van der Waals surface area (Å²) in [5.41, 5.74) is -18.9. The maximum absolute atomic E-state index is 13.9. The van der Waals surface area contributed by atoms with Gasteiger partial charge in [0.05, 0.1) is 11.2 Å². The summed E-state index contributed by atoms with van der Waals surface area (Å²) in [4.78, 5) is 0. The molecule has 0 saturated carbocycles. The quantitative estimate of drug-likeness (QED) is 0.374. The Balaban J connectivity index is 4.20. The number of hydrogen-bond acceptors (Lipinski definition) is 2. The third-order valence-corrected chi connectivity index (χ3v) is 4.19. The molecule has 0 unspecified atom stereocenters. The second-order valence-electron chi connectivity index (χ2n) is 9.36. The minimum Gasteiger partial charge on any atom is -0.348 e. The third kappa shape index (κ3) is 5.58. The lowest BCUT2D eigenvalue weighted by Gasteiger charge is -2.44. The van der Waals surface area contributed by atoms with Gasteiger partial charge in [0.1, 0.15) is 0 Å². The summed E-state index contributed by atoms with van der Waals surface area (Å²) in [6, 6.07) is -0.101. The van der Waals surface area contributed by atoms with Crippen LogP contribution in [0.5, 0.6) is 0 Å². The standard InChI is InChI=1S/C20H22F12O2/c1-13(2,3)33-15(17(21,22)23,18(24,25)26)11-8-7-9-12(10-11)16(19(27,28)29,20(30,31)32)34-14(4,5)6/h7-10H,1-6H3. The van der Waals surface area contributed by atoms with E-state index in [1.54, 1.807) is 0 Å². The molecule has 34 heavy (non-hydrogen) atoms. The van der Waals surface area contributed by atoms with E-state index < -0.39 is 64.3 Å². The summed E-state index contributed by atoms with van der Waals surface area (Å²) in [5.74, 6) is 0. The van der Waals surface area contributed by atoms with E-state index in [1.807, 2.05) is 0 Å². The number of benzene rings is 1.